The Labute approximate surface area is 63.3 Å². The number of hydrogen-bond donors (Lipinski definition) is 0. The SMILES string of the molecule is CC1=CC2(C)CCC1CC2. The molecule has 3 aliphatic carbocycles. The summed E-state index contributed by atoms with van der Waals surface area (Å²) in [7, 11) is 0. The molecule has 0 heterocycles. The maximum absolute atomic E-state index is 2.52. The van der Waals surface area contributed by atoms with E-state index in [1.165, 1.54) is 25.7 Å². The molecule has 0 aromatic carbocycles. The van der Waals surface area contributed by atoms with Gasteiger partial charge in [-0.25, -0.2) is 0 Å². The molecule has 0 aromatic rings. The molecule has 3 aliphatic rings. The van der Waals surface area contributed by atoms with Crippen molar-refractivity contribution in [2.45, 2.75) is 39.5 Å². The van der Waals surface area contributed by atoms with Crippen LogP contribution < -0.4 is 0 Å². The number of hydrogen-bond acceptors (Lipinski definition) is 0. The van der Waals surface area contributed by atoms with Crippen LogP contribution in [0.1, 0.15) is 39.5 Å². The topological polar surface area (TPSA) is 0 Å². The van der Waals surface area contributed by atoms with Gasteiger partial charge in [-0.15, -0.1) is 0 Å². The fraction of sp³-hybridized carbons (Fsp3) is 0.800. The zero-order chi connectivity index (χ0) is 7.19. The predicted octanol–water partition coefficient (Wildman–Crippen LogP) is 3.14. The molecule has 0 aliphatic heterocycles. The highest BCUT2D eigenvalue weighted by Crippen LogP contribution is 2.48. The summed E-state index contributed by atoms with van der Waals surface area (Å²) in [5, 5.41) is 0. The smallest absolute Gasteiger partial charge is 0.0143 e. The van der Waals surface area contributed by atoms with Crippen LogP contribution in [0.3, 0.4) is 0 Å². The van der Waals surface area contributed by atoms with E-state index in [0.717, 1.165) is 5.92 Å². The Bertz CT molecular complexity index is 168. The van der Waals surface area contributed by atoms with Gasteiger partial charge >= 0.3 is 0 Å². The van der Waals surface area contributed by atoms with Gasteiger partial charge in [0.15, 0.2) is 0 Å². The summed E-state index contributed by atoms with van der Waals surface area (Å²) in [6.45, 7) is 4.72. The minimum atomic E-state index is 0.596. The standard InChI is InChI=1S/C10H16/c1-8-7-10(2)5-3-9(8)4-6-10/h7,9H,3-6H2,1-2H3. The Morgan fingerprint density at radius 2 is 2.00 bits per heavy atom. The first-order chi connectivity index (χ1) is 4.70. The van der Waals surface area contributed by atoms with Crippen molar-refractivity contribution >= 4 is 0 Å². The molecule has 56 valence electrons. The van der Waals surface area contributed by atoms with Gasteiger partial charge in [-0.3, -0.25) is 0 Å². The molecule has 0 amide bonds. The average molecular weight is 136 g/mol. The van der Waals surface area contributed by atoms with Crippen LogP contribution in [-0.4, -0.2) is 0 Å². The monoisotopic (exact) mass is 136 g/mol. The van der Waals surface area contributed by atoms with E-state index in [-0.39, 0.29) is 0 Å². The summed E-state index contributed by atoms with van der Waals surface area (Å²) in [6.07, 6.45) is 8.31. The van der Waals surface area contributed by atoms with Crippen LogP contribution >= 0.6 is 0 Å². The molecule has 0 radical (unpaired) electrons. The highest BCUT2D eigenvalue weighted by Gasteiger charge is 2.34. The molecule has 0 spiro atoms. The zero-order valence-corrected chi connectivity index (χ0v) is 6.98. The van der Waals surface area contributed by atoms with Gasteiger partial charge in [0.1, 0.15) is 0 Å². The molecule has 0 unspecified atom stereocenters. The number of rotatable bonds is 0. The second kappa shape index (κ2) is 1.87. The van der Waals surface area contributed by atoms with E-state index in [1.54, 1.807) is 5.57 Å². The molecule has 10 heavy (non-hydrogen) atoms. The number of fused-ring (bicyclic) bond motifs is 2. The lowest BCUT2D eigenvalue weighted by atomic mass is 9.64. The van der Waals surface area contributed by atoms with E-state index >= 15 is 0 Å². The van der Waals surface area contributed by atoms with Crippen LogP contribution in [0, 0.1) is 11.3 Å². The summed E-state index contributed by atoms with van der Waals surface area (Å²) < 4.78 is 0. The third-order valence-corrected chi connectivity index (χ3v) is 3.35. The Kier molecular flexibility index (Phi) is 1.21. The van der Waals surface area contributed by atoms with Gasteiger partial charge in [0.05, 0.1) is 0 Å². The van der Waals surface area contributed by atoms with Gasteiger partial charge in [-0.05, 0) is 43.9 Å². The van der Waals surface area contributed by atoms with Crippen molar-refractivity contribution in [3.8, 4) is 0 Å². The van der Waals surface area contributed by atoms with Crippen LogP contribution in [0.15, 0.2) is 11.6 Å². The van der Waals surface area contributed by atoms with Crippen LogP contribution in [0.4, 0.5) is 0 Å². The Morgan fingerprint density at radius 3 is 2.30 bits per heavy atom. The first-order valence-corrected chi connectivity index (χ1v) is 4.39. The molecule has 1 saturated carbocycles. The highest BCUT2D eigenvalue weighted by molar-refractivity contribution is 5.17. The molecule has 1 fully saturated rings. The molecule has 0 nitrogen and oxygen atoms in total. The quantitative estimate of drug-likeness (QED) is 0.449. The van der Waals surface area contributed by atoms with E-state index in [2.05, 4.69) is 19.9 Å². The van der Waals surface area contributed by atoms with E-state index in [1.807, 2.05) is 0 Å². The third kappa shape index (κ3) is 0.817. The summed E-state index contributed by atoms with van der Waals surface area (Å²) >= 11 is 0. The first-order valence-electron chi connectivity index (χ1n) is 4.39. The molecular weight excluding hydrogens is 120 g/mol. The Morgan fingerprint density at radius 1 is 1.40 bits per heavy atom. The minimum Gasteiger partial charge on any atom is -0.0794 e. The van der Waals surface area contributed by atoms with Crippen molar-refractivity contribution in [3.05, 3.63) is 11.6 Å². The second-order valence-electron chi connectivity index (χ2n) is 4.32. The van der Waals surface area contributed by atoms with Gasteiger partial charge in [0, 0.05) is 0 Å². The van der Waals surface area contributed by atoms with Crippen molar-refractivity contribution in [2.75, 3.05) is 0 Å². The van der Waals surface area contributed by atoms with Gasteiger partial charge in [-0.1, -0.05) is 18.6 Å². The lowest BCUT2D eigenvalue weighted by Gasteiger charge is -2.42. The fourth-order valence-corrected chi connectivity index (χ4v) is 2.54. The highest BCUT2D eigenvalue weighted by atomic mass is 14.4. The van der Waals surface area contributed by atoms with Crippen molar-refractivity contribution in [3.63, 3.8) is 0 Å². The zero-order valence-electron chi connectivity index (χ0n) is 6.98. The molecule has 0 saturated heterocycles. The van der Waals surface area contributed by atoms with E-state index in [0.29, 0.717) is 5.41 Å². The summed E-state index contributed by atoms with van der Waals surface area (Å²) in [5.41, 5.74) is 2.26. The van der Waals surface area contributed by atoms with Crippen LogP contribution in [-0.2, 0) is 0 Å². The molecule has 0 aromatic heterocycles. The average Bonchev–Trinajstić information content (AvgIpc) is 1.87. The fourth-order valence-electron chi connectivity index (χ4n) is 2.54. The van der Waals surface area contributed by atoms with Crippen molar-refractivity contribution in [1.29, 1.82) is 0 Å². The van der Waals surface area contributed by atoms with Gasteiger partial charge < -0.3 is 0 Å². The third-order valence-electron chi connectivity index (χ3n) is 3.35. The predicted molar refractivity (Wildman–Crippen MR) is 43.8 cm³/mol. The Balaban J connectivity index is 2.34. The lowest BCUT2D eigenvalue weighted by Crippen LogP contribution is -2.28. The maximum Gasteiger partial charge on any atom is -0.0143 e. The summed E-state index contributed by atoms with van der Waals surface area (Å²) in [6, 6.07) is 0. The molecule has 0 heteroatoms. The van der Waals surface area contributed by atoms with E-state index in [9.17, 15) is 0 Å². The van der Waals surface area contributed by atoms with Crippen LogP contribution in [0.2, 0.25) is 0 Å². The van der Waals surface area contributed by atoms with Crippen molar-refractivity contribution < 1.29 is 0 Å². The maximum atomic E-state index is 2.52. The Hall–Kier alpha value is -0.260. The molecular formula is C10H16. The van der Waals surface area contributed by atoms with E-state index < -0.39 is 0 Å². The normalized spacial score (nSPS) is 45.4. The molecule has 0 N–H and O–H groups in total. The first kappa shape index (κ1) is 6.45. The second-order valence-corrected chi connectivity index (χ2v) is 4.32. The van der Waals surface area contributed by atoms with Gasteiger partial charge in [0.25, 0.3) is 0 Å². The van der Waals surface area contributed by atoms with Gasteiger partial charge in [-0.2, -0.15) is 0 Å². The minimum absolute atomic E-state index is 0.596. The lowest BCUT2D eigenvalue weighted by molar-refractivity contribution is 0.212. The van der Waals surface area contributed by atoms with Crippen LogP contribution in [0.5, 0.6) is 0 Å². The van der Waals surface area contributed by atoms with E-state index in [4.69, 9.17) is 0 Å². The summed E-state index contributed by atoms with van der Waals surface area (Å²) in [5.74, 6) is 0.960. The van der Waals surface area contributed by atoms with Crippen molar-refractivity contribution in [1.82, 2.24) is 0 Å². The molecule has 3 rings (SSSR count). The van der Waals surface area contributed by atoms with Crippen LogP contribution in [0.25, 0.3) is 0 Å². The molecule has 0 atom stereocenters. The summed E-state index contributed by atoms with van der Waals surface area (Å²) in [4.78, 5) is 0. The molecule has 2 bridgehead atoms. The largest absolute Gasteiger partial charge is 0.0794 e. The number of allylic oxidation sites excluding steroid dienone is 2. The van der Waals surface area contributed by atoms with Crippen molar-refractivity contribution in [2.24, 2.45) is 11.3 Å². The van der Waals surface area contributed by atoms with Gasteiger partial charge in [0.2, 0.25) is 0 Å².